The summed E-state index contributed by atoms with van der Waals surface area (Å²) in [5.74, 6) is 0.329. The summed E-state index contributed by atoms with van der Waals surface area (Å²) in [5.41, 5.74) is 0. The molecular weight excluding hydrogens is 214 g/mol. The number of rotatable bonds is 6. The second-order valence-electron chi connectivity index (χ2n) is 3.35. The van der Waals surface area contributed by atoms with Gasteiger partial charge in [0.2, 0.25) is 10.0 Å². The lowest BCUT2D eigenvalue weighted by Gasteiger charge is -2.17. The van der Waals surface area contributed by atoms with Crippen LogP contribution in [0.25, 0.3) is 0 Å². The lowest BCUT2D eigenvalue weighted by molar-refractivity contribution is 0.240. The zero-order valence-corrected chi connectivity index (χ0v) is 9.40. The Labute approximate surface area is 84.3 Å². The highest BCUT2D eigenvalue weighted by Crippen LogP contribution is 2.05. The molecule has 0 aromatic rings. The van der Waals surface area contributed by atoms with Gasteiger partial charge in [-0.2, -0.15) is 0 Å². The Morgan fingerprint density at radius 1 is 1.46 bits per heavy atom. The van der Waals surface area contributed by atoms with Crippen LogP contribution < -0.4 is 4.72 Å². The minimum atomic E-state index is -3.42. The summed E-state index contributed by atoms with van der Waals surface area (Å²) in [6.45, 7) is 3.71. The van der Waals surface area contributed by atoms with E-state index < -0.39 is 21.3 Å². The molecule has 13 heavy (non-hydrogen) atoms. The summed E-state index contributed by atoms with van der Waals surface area (Å²) in [6, 6.07) is -0.427. The maximum absolute atomic E-state index is 11.0. The van der Waals surface area contributed by atoms with Crippen molar-refractivity contribution in [3.63, 3.8) is 0 Å². The predicted molar refractivity (Wildman–Crippen MR) is 53.1 cm³/mol. The summed E-state index contributed by atoms with van der Waals surface area (Å²) in [6.07, 6.45) is 0.604. The minimum Gasteiger partial charge on any atom is -0.395 e. The molecule has 0 bridgehead atoms. The van der Waals surface area contributed by atoms with E-state index in [9.17, 15) is 8.42 Å². The van der Waals surface area contributed by atoms with E-state index >= 15 is 0 Å². The maximum atomic E-state index is 11.0. The molecule has 6 heteroatoms. The summed E-state index contributed by atoms with van der Waals surface area (Å²) >= 11 is 5.20. The first-order valence-electron chi connectivity index (χ1n) is 4.08. The second kappa shape index (κ2) is 5.80. The summed E-state index contributed by atoms with van der Waals surface area (Å²) in [7, 11) is -3.42. The number of nitrogens with one attached hydrogen (secondary N) is 1. The van der Waals surface area contributed by atoms with Gasteiger partial charge in [-0.3, -0.25) is 0 Å². The molecule has 0 aromatic carbocycles. The van der Waals surface area contributed by atoms with Gasteiger partial charge in [-0.15, -0.1) is 11.6 Å². The smallest absolute Gasteiger partial charge is 0.225 e. The van der Waals surface area contributed by atoms with Crippen LogP contribution in [0.15, 0.2) is 0 Å². The molecule has 0 radical (unpaired) electrons. The predicted octanol–water partition coefficient (Wildman–Crippen LogP) is 0.509. The molecule has 0 saturated heterocycles. The second-order valence-corrected chi connectivity index (χ2v) is 5.69. The van der Waals surface area contributed by atoms with E-state index in [1.807, 2.05) is 13.8 Å². The van der Waals surface area contributed by atoms with Gasteiger partial charge in [-0.1, -0.05) is 13.8 Å². The van der Waals surface area contributed by atoms with Crippen LogP contribution in [0.2, 0.25) is 0 Å². The van der Waals surface area contributed by atoms with Crippen molar-refractivity contribution in [2.45, 2.75) is 26.3 Å². The van der Waals surface area contributed by atoms with Crippen LogP contribution in [0.1, 0.15) is 20.3 Å². The Kier molecular flexibility index (Phi) is 5.87. The van der Waals surface area contributed by atoms with Gasteiger partial charge in [-0.05, 0) is 12.3 Å². The molecule has 0 amide bonds. The third-order valence-corrected chi connectivity index (χ3v) is 3.31. The summed E-state index contributed by atoms with van der Waals surface area (Å²) < 4.78 is 24.3. The van der Waals surface area contributed by atoms with Crippen LogP contribution in [-0.4, -0.2) is 31.4 Å². The molecule has 0 aliphatic carbocycles. The van der Waals surface area contributed by atoms with Crippen LogP contribution in [0, 0.1) is 5.92 Å². The molecule has 0 heterocycles. The molecular formula is C7H16ClNO3S. The molecule has 1 unspecified atom stereocenters. The lowest BCUT2D eigenvalue weighted by atomic mass is 10.1. The van der Waals surface area contributed by atoms with Crippen LogP contribution in [0.3, 0.4) is 0 Å². The van der Waals surface area contributed by atoms with E-state index in [1.54, 1.807) is 0 Å². The topological polar surface area (TPSA) is 66.4 Å². The Bertz CT molecular complexity index is 228. The molecule has 0 fully saturated rings. The van der Waals surface area contributed by atoms with Gasteiger partial charge in [0.05, 0.1) is 6.61 Å². The van der Waals surface area contributed by atoms with Crippen molar-refractivity contribution in [1.82, 2.24) is 4.72 Å². The first-order chi connectivity index (χ1) is 5.91. The van der Waals surface area contributed by atoms with E-state index in [0.29, 0.717) is 12.3 Å². The largest absolute Gasteiger partial charge is 0.395 e. The number of sulfonamides is 1. The number of aliphatic hydroxyl groups is 1. The summed E-state index contributed by atoms with van der Waals surface area (Å²) in [4.78, 5) is 0. The van der Waals surface area contributed by atoms with E-state index in [4.69, 9.17) is 16.7 Å². The number of alkyl halides is 1. The quantitative estimate of drug-likeness (QED) is 0.653. The molecule has 2 N–H and O–H groups in total. The molecule has 0 spiro atoms. The SMILES string of the molecule is CC(C)CC(CO)NS(=O)(=O)CCl. The number of hydrogen-bond donors (Lipinski definition) is 2. The molecule has 80 valence electrons. The normalized spacial score (nSPS) is 14.8. The fourth-order valence-electron chi connectivity index (χ4n) is 1.01. The van der Waals surface area contributed by atoms with Gasteiger partial charge in [0, 0.05) is 6.04 Å². The highest BCUT2D eigenvalue weighted by molar-refractivity contribution is 7.90. The molecule has 0 saturated carbocycles. The first-order valence-corrected chi connectivity index (χ1v) is 6.26. The van der Waals surface area contributed by atoms with Gasteiger partial charge in [0.25, 0.3) is 0 Å². The van der Waals surface area contributed by atoms with Crippen molar-refractivity contribution in [2.24, 2.45) is 5.92 Å². The van der Waals surface area contributed by atoms with Gasteiger partial charge in [0.15, 0.2) is 0 Å². The van der Waals surface area contributed by atoms with Crippen molar-refractivity contribution >= 4 is 21.6 Å². The van der Waals surface area contributed by atoms with E-state index in [1.165, 1.54) is 0 Å². The average Bonchev–Trinajstić information content (AvgIpc) is 2.02. The zero-order valence-electron chi connectivity index (χ0n) is 7.83. The lowest BCUT2D eigenvalue weighted by Crippen LogP contribution is -2.38. The van der Waals surface area contributed by atoms with Crippen molar-refractivity contribution in [2.75, 3.05) is 11.8 Å². The average molecular weight is 230 g/mol. The fourth-order valence-corrected chi connectivity index (χ4v) is 1.94. The van der Waals surface area contributed by atoms with Gasteiger partial charge >= 0.3 is 0 Å². The van der Waals surface area contributed by atoms with Gasteiger partial charge < -0.3 is 5.11 Å². The molecule has 0 aliphatic heterocycles. The molecule has 0 aromatic heterocycles. The minimum absolute atomic E-state index is 0.200. The van der Waals surface area contributed by atoms with Crippen molar-refractivity contribution in [3.05, 3.63) is 0 Å². The number of aliphatic hydroxyl groups excluding tert-OH is 1. The van der Waals surface area contributed by atoms with E-state index in [2.05, 4.69) is 4.72 Å². The highest BCUT2D eigenvalue weighted by Gasteiger charge is 2.16. The van der Waals surface area contributed by atoms with Crippen LogP contribution in [0.5, 0.6) is 0 Å². The standard InChI is InChI=1S/C7H16ClNO3S/c1-6(2)3-7(4-10)9-13(11,12)5-8/h6-7,9-10H,3-5H2,1-2H3. The van der Waals surface area contributed by atoms with Crippen LogP contribution in [0.4, 0.5) is 0 Å². The molecule has 1 atom stereocenters. The highest BCUT2D eigenvalue weighted by atomic mass is 35.5. The summed E-state index contributed by atoms with van der Waals surface area (Å²) in [5, 5.41) is 8.39. The van der Waals surface area contributed by atoms with Gasteiger partial charge in [-0.25, -0.2) is 13.1 Å². The van der Waals surface area contributed by atoms with E-state index in [-0.39, 0.29) is 6.61 Å². The van der Waals surface area contributed by atoms with E-state index in [0.717, 1.165) is 0 Å². The Morgan fingerprint density at radius 3 is 2.31 bits per heavy atom. The number of halogens is 1. The Hall–Kier alpha value is 0.160. The molecule has 4 nitrogen and oxygen atoms in total. The fraction of sp³-hybridized carbons (Fsp3) is 1.00. The Balaban J connectivity index is 4.13. The van der Waals surface area contributed by atoms with Crippen molar-refractivity contribution in [1.29, 1.82) is 0 Å². The number of hydrogen-bond acceptors (Lipinski definition) is 3. The van der Waals surface area contributed by atoms with Crippen LogP contribution >= 0.6 is 11.6 Å². The third kappa shape index (κ3) is 6.26. The Morgan fingerprint density at radius 2 is 2.00 bits per heavy atom. The zero-order chi connectivity index (χ0) is 10.5. The monoisotopic (exact) mass is 229 g/mol. The van der Waals surface area contributed by atoms with Crippen LogP contribution in [-0.2, 0) is 10.0 Å². The molecule has 0 aliphatic rings. The van der Waals surface area contributed by atoms with Gasteiger partial charge in [0.1, 0.15) is 5.21 Å². The third-order valence-electron chi connectivity index (χ3n) is 1.47. The maximum Gasteiger partial charge on any atom is 0.225 e. The molecule has 0 rings (SSSR count). The first kappa shape index (κ1) is 13.2. The van der Waals surface area contributed by atoms with Crippen molar-refractivity contribution < 1.29 is 13.5 Å². The van der Waals surface area contributed by atoms with Crippen molar-refractivity contribution in [3.8, 4) is 0 Å².